The summed E-state index contributed by atoms with van der Waals surface area (Å²) in [5.41, 5.74) is 3.96. The highest BCUT2D eigenvalue weighted by Crippen LogP contribution is 2.38. The number of hydrogen-bond acceptors (Lipinski definition) is 3. The van der Waals surface area contributed by atoms with E-state index in [1.54, 1.807) is 0 Å². The molecule has 0 amide bonds. The molecule has 0 spiro atoms. The number of benzene rings is 1. The predicted molar refractivity (Wildman–Crippen MR) is 73.0 cm³/mol. The van der Waals surface area contributed by atoms with E-state index in [-0.39, 0.29) is 12.4 Å². The van der Waals surface area contributed by atoms with Crippen LogP contribution in [0.15, 0.2) is 18.2 Å². The summed E-state index contributed by atoms with van der Waals surface area (Å²) >= 11 is 0. The van der Waals surface area contributed by atoms with Crippen molar-refractivity contribution in [3.8, 4) is 0 Å². The Morgan fingerprint density at radius 1 is 1.17 bits per heavy atom. The van der Waals surface area contributed by atoms with Gasteiger partial charge in [0.1, 0.15) is 0 Å². The van der Waals surface area contributed by atoms with Gasteiger partial charge < -0.3 is 15.5 Å². The van der Waals surface area contributed by atoms with Gasteiger partial charge in [0.2, 0.25) is 0 Å². The fourth-order valence-electron chi connectivity index (χ4n) is 3.19. The second-order valence-electron chi connectivity index (χ2n) is 5.40. The Morgan fingerprint density at radius 3 is 2.67 bits per heavy atom. The van der Waals surface area contributed by atoms with Crippen LogP contribution in [0.5, 0.6) is 0 Å². The van der Waals surface area contributed by atoms with Crippen molar-refractivity contribution in [1.82, 2.24) is 5.32 Å². The summed E-state index contributed by atoms with van der Waals surface area (Å²) < 4.78 is 0. The van der Waals surface area contributed by atoms with E-state index in [9.17, 15) is 10.2 Å². The van der Waals surface area contributed by atoms with Gasteiger partial charge in [-0.1, -0.05) is 23.8 Å². The van der Waals surface area contributed by atoms with Crippen molar-refractivity contribution >= 4 is 12.4 Å². The van der Waals surface area contributed by atoms with Crippen molar-refractivity contribution in [3.63, 3.8) is 0 Å². The van der Waals surface area contributed by atoms with Gasteiger partial charge in [0, 0.05) is 18.5 Å². The van der Waals surface area contributed by atoms with E-state index in [0.717, 1.165) is 6.54 Å². The van der Waals surface area contributed by atoms with Crippen LogP contribution in [-0.2, 0) is 6.54 Å². The van der Waals surface area contributed by atoms with Gasteiger partial charge in [-0.2, -0.15) is 0 Å². The second-order valence-corrected chi connectivity index (χ2v) is 5.40. The van der Waals surface area contributed by atoms with Crippen LogP contribution in [0.3, 0.4) is 0 Å². The number of rotatable bonds is 0. The molecule has 3 rings (SSSR count). The van der Waals surface area contributed by atoms with Crippen molar-refractivity contribution in [1.29, 1.82) is 0 Å². The van der Waals surface area contributed by atoms with E-state index < -0.39 is 12.2 Å². The number of aliphatic hydroxyl groups excluding tert-OH is 2. The molecule has 0 radical (unpaired) electrons. The van der Waals surface area contributed by atoms with Crippen LogP contribution in [0.2, 0.25) is 0 Å². The summed E-state index contributed by atoms with van der Waals surface area (Å²) in [7, 11) is 0. The van der Waals surface area contributed by atoms with E-state index >= 15 is 0 Å². The van der Waals surface area contributed by atoms with Crippen LogP contribution >= 0.6 is 12.4 Å². The average molecular weight is 270 g/mol. The van der Waals surface area contributed by atoms with E-state index in [1.807, 2.05) is 0 Å². The van der Waals surface area contributed by atoms with Crippen LogP contribution < -0.4 is 5.32 Å². The van der Waals surface area contributed by atoms with Gasteiger partial charge in [-0.05, 0) is 30.9 Å². The third-order valence-electron chi connectivity index (χ3n) is 4.18. The second kappa shape index (κ2) is 5.17. The quantitative estimate of drug-likeness (QED) is 0.669. The lowest BCUT2D eigenvalue weighted by Crippen LogP contribution is -2.49. The molecule has 1 aromatic carbocycles. The summed E-state index contributed by atoms with van der Waals surface area (Å²) in [5.74, 6) is 0.344. The first kappa shape index (κ1) is 13.8. The number of nitrogens with one attached hydrogen (secondary N) is 1. The first-order chi connectivity index (χ1) is 8.15. The Hall–Kier alpha value is -0.610. The molecular formula is C14H20ClNO2. The Kier molecular flexibility index (Phi) is 3.97. The molecule has 1 fully saturated rings. The maximum atomic E-state index is 9.83. The number of aliphatic hydroxyl groups is 2. The number of halogens is 1. The van der Waals surface area contributed by atoms with E-state index in [1.165, 1.54) is 16.7 Å². The smallest absolute Gasteiger partial charge is 0.0814 e. The zero-order valence-corrected chi connectivity index (χ0v) is 11.3. The maximum absolute atomic E-state index is 9.83. The fourth-order valence-corrected chi connectivity index (χ4v) is 3.19. The molecule has 0 unspecified atom stereocenters. The Morgan fingerprint density at radius 2 is 1.89 bits per heavy atom. The van der Waals surface area contributed by atoms with Crippen LogP contribution in [0.1, 0.15) is 35.4 Å². The average Bonchev–Trinajstić information content (AvgIpc) is 2.31. The molecule has 4 heteroatoms. The molecule has 1 aliphatic heterocycles. The van der Waals surface area contributed by atoms with Gasteiger partial charge in [0.15, 0.2) is 0 Å². The standard InChI is InChI=1S/C14H19NO2.ClH/c1-8-2-3-9-7-15-12-6-14(17)13(16)5-11(12)10(9)4-8;/h2-4,11-17H,5-7H2,1H3;1H/t11-,12-,13+,14-;/m0./s1. The maximum Gasteiger partial charge on any atom is 0.0814 e. The molecule has 1 aliphatic carbocycles. The van der Waals surface area contributed by atoms with E-state index in [2.05, 4.69) is 30.4 Å². The molecule has 3 N–H and O–H groups in total. The first-order valence-corrected chi connectivity index (χ1v) is 6.34. The summed E-state index contributed by atoms with van der Waals surface area (Å²) in [5, 5.41) is 23.0. The largest absolute Gasteiger partial charge is 0.390 e. The molecule has 2 aliphatic rings. The molecule has 4 atom stereocenters. The van der Waals surface area contributed by atoms with Crippen molar-refractivity contribution < 1.29 is 10.2 Å². The zero-order valence-electron chi connectivity index (χ0n) is 10.5. The highest BCUT2D eigenvalue weighted by molar-refractivity contribution is 5.85. The van der Waals surface area contributed by atoms with Gasteiger partial charge in [0.05, 0.1) is 12.2 Å². The molecular weight excluding hydrogens is 250 g/mol. The normalized spacial score (nSPS) is 34.2. The molecule has 18 heavy (non-hydrogen) atoms. The number of hydrogen-bond donors (Lipinski definition) is 3. The molecule has 1 saturated carbocycles. The molecule has 0 bridgehead atoms. The first-order valence-electron chi connectivity index (χ1n) is 6.34. The van der Waals surface area contributed by atoms with Crippen LogP contribution in [0, 0.1) is 6.92 Å². The lowest BCUT2D eigenvalue weighted by molar-refractivity contribution is -0.0273. The van der Waals surface area contributed by atoms with Gasteiger partial charge in [-0.25, -0.2) is 0 Å². The van der Waals surface area contributed by atoms with Crippen molar-refractivity contribution in [3.05, 3.63) is 34.9 Å². The third-order valence-corrected chi connectivity index (χ3v) is 4.18. The topological polar surface area (TPSA) is 52.5 Å². The number of fused-ring (bicyclic) bond motifs is 3. The highest BCUT2D eigenvalue weighted by Gasteiger charge is 2.38. The monoisotopic (exact) mass is 269 g/mol. The van der Waals surface area contributed by atoms with Gasteiger partial charge >= 0.3 is 0 Å². The summed E-state index contributed by atoms with van der Waals surface area (Å²) in [4.78, 5) is 0. The van der Waals surface area contributed by atoms with Gasteiger partial charge in [0.25, 0.3) is 0 Å². The van der Waals surface area contributed by atoms with Crippen molar-refractivity contribution in [2.75, 3.05) is 0 Å². The predicted octanol–water partition coefficient (Wildman–Crippen LogP) is 1.49. The Balaban J connectivity index is 0.00000120. The fraction of sp³-hybridized carbons (Fsp3) is 0.571. The molecule has 0 saturated heterocycles. The lowest BCUT2D eigenvalue weighted by Gasteiger charge is -2.42. The summed E-state index contributed by atoms with van der Waals surface area (Å²) in [6.45, 7) is 2.98. The Bertz CT molecular complexity index is 438. The lowest BCUT2D eigenvalue weighted by atomic mass is 9.73. The van der Waals surface area contributed by atoms with Crippen molar-refractivity contribution in [2.45, 2.75) is 50.5 Å². The van der Waals surface area contributed by atoms with Crippen LogP contribution in [0.25, 0.3) is 0 Å². The minimum atomic E-state index is -0.579. The zero-order chi connectivity index (χ0) is 12.0. The Labute approximate surface area is 114 Å². The molecule has 1 aromatic rings. The molecule has 0 aromatic heterocycles. The SMILES string of the molecule is Cc1ccc2c(c1)[C@@H]1C[C@@H](O)[C@@H](O)C[C@@H]1NC2.Cl. The third kappa shape index (κ3) is 2.28. The van der Waals surface area contributed by atoms with E-state index in [0.29, 0.717) is 24.8 Å². The summed E-state index contributed by atoms with van der Waals surface area (Å²) in [6, 6.07) is 6.85. The minimum absolute atomic E-state index is 0. The van der Waals surface area contributed by atoms with Gasteiger partial charge in [-0.3, -0.25) is 0 Å². The van der Waals surface area contributed by atoms with E-state index in [4.69, 9.17) is 0 Å². The highest BCUT2D eigenvalue weighted by atomic mass is 35.5. The molecule has 3 nitrogen and oxygen atoms in total. The van der Waals surface area contributed by atoms with Crippen LogP contribution in [0.4, 0.5) is 0 Å². The molecule has 100 valence electrons. The summed E-state index contributed by atoms with van der Waals surface area (Å²) in [6.07, 6.45) is 0.161. The number of aryl methyl sites for hydroxylation is 1. The minimum Gasteiger partial charge on any atom is -0.390 e. The van der Waals surface area contributed by atoms with Crippen LogP contribution in [-0.4, -0.2) is 28.5 Å². The molecule has 1 heterocycles. The van der Waals surface area contributed by atoms with Crippen molar-refractivity contribution in [2.24, 2.45) is 0 Å². The van der Waals surface area contributed by atoms with Gasteiger partial charge in [-0.15, -0.1) is 12.4 Å².